The third-order valence-corrected chi connectivity index (χ3v) is 4.42. The number of hydrogen-bond acceptors (Lipinski definition) is 2. The molecule has 1 heterocycles. The maximum Gasteiger partial charge on any atom is 0.0848 e. The lowest BCUT2D eigenvalue weighted by Crippen LogP contribution is -2.15. The molecule has 3 heteroatoms. The van der Waals surface area contributed by atoms with Gasteiger partial charge in [-0.3, -0.25) is 0 Å². The van der Waals surface area contributed by atoms with Crippen molar-refractivity contribution in [3.05, 3.63) is 60.4 Å². The molecule has 0 radical (unpaired) electrons. The Kier molecular flexibility index (Phi) is 4.20. The molecule has 1 aromatic carbocycles. The summed E-state index contributed by atoms with van der Waals surface area (Å²) in [6, 6.07) is 9.99. The van der Waals surface area contributed by atoms with E-state index in [0.717, 1.165) is 29.7 Å². The standard InChI is InChI=1S/C18H22N2O/c1-14(15-8-4-2-5-9-15)20-13-17(12-19-20)18(21)16-10-6-3-7-11-16/h2,4-5,8-9,12-13,16,18,21H,1,3,6-7,10-11H2. The number of benzene rings is 1. The SMILES string of the molecule is C=C(c1ccccc1)n1cc(C(O)C2CCCCC2)cn1. The molecule has 1 aliphatic rings. The van der Waals surface area contributed by atoms with Gasteiger partial charge in [0.1, 0.15) is 0 Å². The second-order valence-electron chi connectivity index (χ2n) is 5.87. The highest BCUT2D eigenvalue weighted by molar-refractivity contribution is 5.62. The van der Waals surface area contributed by atoms with E-state index in [2.05, 4.69) is 11.7 Å². The highest BCUT2D eigenvalue weighted by Gasteiger charge is 2.24. The van der Waals surface area contributed by atoms with E-state index in [1.54, 1.807) is 10.9 Å². The molecule has 1 fully saturated rings. The predicted molar refractivity (Wildman–Crippen MR) is 84.6 cm³/mol. The zero-order chi connectivity index (χ0) is 14.7. The van der Waals surface area contributed by atoms with Crippen LogP contribution in [-0.2, 0) is 0 Å². The highest BCUT2D eigenvalue weighted by atomic mass is 16.3. The van der Waals surface area contributed by atoms with Gasteiger partial charge in [-0.25, -0.2) is 4.68 Å². The summed E-state index contributed by atoms with van der Waals surface area (Å²) in [5.74, 6) is 0.376. The van der Waals surface area contributed by atoms with Gasteiger partial charge in [-0.1, -0.05) is 56.2 Å². The molecule has 110 valence electrons. The molecule has 1 aliphatic carbocycles. The van der Waals surface area contributed by atoms with E-state index in [0.29, 0.717) is 5.92 Å². The van der Waals surface area contributed by atoms with Crippen LogP contribution in [0.2, 0.25) is 0 Å². The lowest BCUT2D eigenvalue weighted by atomic mass is 9.83. The fourth-order valence-electron chi connectivity index (χ4n) is 3.12. The number of aliphatic hydroxyl groups is 1. The van der Waals surface area contributed by atoms with E-state index < -0.39 is 6.10 Å². The highest BCUT2D eigenvalue weighted by Crippen LogP contribution is 2.34. The van der Waals surface area contributed by atoms with Gasteiger partial charge >= 0.3 is 0 Å². The number of nitrogens with zero attached hydrogens (tertiary/aromatic N) is 2. The molecule has 0 aliphatic heterocycles. The molecule has 1 atom stereocenters. The van der Waals surface area contributed by atoms with Crippen LogP contribution in [0, 0.1) is 5.92 Å². The fraction of sp³-hybridized carbons (Fsp3) is 0.389. The topological polar surface area (TPSA) is 38.0 Å². The van der Waals surface area contributed by atoms with Crippen molar-refractivity contribution in [2.24, 2.45) is 5.92 Å². The van der Waals surface area contributed by atoms with Crippen molar-refractivity contribution in [1.82, 2.24) is 9.78 Å². The van der Waals surface area contributed by atoms with Crippen molar-refractivity contribution in [3.8, 4) is 0 Å². The van der Waals surface area contributed by atoms with Gasteiger partial charge < -0.3 is 5.11 Å². The van der Waals surface area contributed by atoms with Crippen molar-refractivity contribution < 1.29 is 5.11 Å². The molecule has 21 heavy (non-hydrogen) atoms. The summed E-state index contributed by atoms with van der Waals surface area (Å²) in [7, 11) is 0. The Labute approximate surface area is 125 Å². The molecular weight excluding hydrogens is 260 g/mol. The number of hydrogen-bond donors (Lipinski definition) is 1. The molecule has 0 amide bonds. The zero-order valence-electron chi connectivity index (χ0n) is 12.3. The number of aliphatic hydroxyl groups excluding tert-OH is 1. The average Bonchev–Trinajstić information content (AvgIpc) is 3.05. The Balaban J connectivity index is 1.75. The summed E-state index contributed by atoms with van der Waals surface area (Å²) >= 11 is 0. The van der Waals surface area contributed by atoms with Gasteiger partial charge in [0.25, 0.3) is 0 Å². The third kappa shape index (κ3) is 3.08. The van der Waals surface area contributed by atoms with E-state index in [-0.39, 0.29) is 0 Å². The largest absolute Gasteiger partial charge is 0.388 e. The fourth-order valence-corrected chi connectivity index (χ4v) is 3.12. The van der Waals surface area contributed by atoms with Crippen molar-refractivity contribution in [2.75, 3.05) is 0 Å². The molecule has 3 nitrogen and oxygen atoms in total. The van der Waals surface area contributed by atoms with Gasteiger partial charge in [0.05, 0.1) is 18.0 Å². The second-order valence-corrected chi connectivity index (χ2v) is 5.87. The second kappa shape index (κ2) is 6.27. The molecule has 1 aromatic heterocycles. The molecule has 1 unspecified atom stereocenters. The van der Waals surface area contributed by atoms with Crippen LogP contribution in [0.4, 0.5) is 0 Å². The minimum atomic E-state index is -0.400. The summed E-state index contributed by atoms with van der Waals surface area (Å²) < 4.78 is 1.76. The first-order chi connectivity index (χ1) is 10.3. The Morgan fingerprint density at radius 3 is 2.62 bits per heavy atom. The first-order valence-corrected chi connectivity index (χ1v) is 7.73. The number of aromatic nitrogens is 2. The Morgan fingerprint density at radius 1 is 1.19 bits per heavy atom. The van der Waals surface area contributed by atoms with Crippen LogP contribution in [0.5, 0.6) is 0 Å². The first-order valence-electron chi connectivity index (χ1n) is 7.73. The summed E-state index contributed by atoms with van der Waals surface area (Å²) in [5.41, 5.74) is 2.77. The van der Waals surface area contributed by atoms with E-state index in [4.69, 9.17) is 0 Å². The summed E-state index contributed by atoms with van der Waals surface area (Å²) in [6.07, 6.45) is 9.27. The summed E-state index contributed by atoms with van der Waals surface area (Å²) in [5, 5.41) is 14.9. The minimum Gasteiger partial charge on any atom is -0.388 e. The van der Waals surface area contributed by atoms with Crippen molar-refractivity contribution >= 4 is 5.70 Å². The van der Waals surface area contributed by atoms with Crippen LogP contribution in [0.15, 0.2) is 49.3 Å². The van der Waals surface area contributed by atoms with E-state index in [1.165, 1.54) is 19.3 Å². The molecular formula is C18H22N2O. The molecule has 0 bridgehead atoms. The van der Waals surface area contributed by atoms with Crippen LogP contribution in [0.3, 0.4) is 0 Å². The van der Waals surface area contributed by atoms with Crippen LogP contribution in [0.1, 0.15) is 49.3 Å². The van der Waals surface area contributed by atoms with Gasteiger partial charge in [-0.05, 0) is 24.3 Å². The van der Waals surface area contributed by atoms with Gasteiger partial charge in [-0.2, -0.15) is 5.10 Å². The van der Waals surface area contributed by atoms with Gasteiger partial charge in [0.15, 0.2) is 0 Å². The minimum absolute atomic E-state index is 0.376. The lowest BCUT2D eigenvalue weighted by molar-refractivity contribution is 0.0848. The molecule has 0 saturated heterocycles. The molecule has 2 aromatic rings. The summed E-state index contributed by atoms with van der Waals surface area (Å²) in [6.45, 7) is 4.10. The van der Waals surface area contributed by atoms with Crippen LogP contribution < -0.4 is 0 Å². The van der Waals surface area contributed by atoms with Crippen LogP contribution in [-0.4, -0.2) is 14.9 Å². The predicted octanol–water partition coefficient (Wildman–Crippen LogP) is 4.02. The monoisotopic (exact) mass is 282 g/mol. The molecule has 3 rings (SSSR count). The normalized spacial score (nSPS) is 17.6. The quantitative estimate of drug-likeness (QED) is 0.920. The van der Waals surface area contributed by atoms with Crippen molar-refractivity contribution in [1.29, 1.82) is 0 Å². The Morgan fingerprint density at radius 2 is 1.90 bits per heavy atom. The number of rotatable bonds is 4. The van der Waals surface area contributed by atoms with Crippen LogP contribution >= 0.6 is 0 Å². The maximum atomic E-state index is 10.5. The molecule has 1 saturated carbocycles. The van der Waals surface area contributed by atoms with Gasteiger partial charge in [0.2, 0.25) is 0 Å². The van der Waals surface area contributed by atoms with E-state index >= 15 is 0 Å². The summed E-state index contributed by atoms with van der Waals surface area (Å²) in [4.78, 5) is 0. The maximum absolute atomic E-state index is 10.5. The smallest absolute Gasteiger partial charge is 0.0848 e. The first kappa shape index (κ1) is 14.1. The van der Waals surface area contributed by atoms with E-state index in [1.807, 2.05) is 36.5 Å². The Hall–Kier alpha value is -1.87. The van der Waals surface area contributed by atoms with Crippen LogP contribution in [0.25, 0.3) is 5.70 Å². The lowest BCUT2D eigenvalue weighted by Gasteiger charge is -2.25. The van der Waals surface area contributed by atoms with Crippen molar-refractivity contribution in [2.45, 2.75) is 38.2 Å². The Bertz CT molecular complexity index is 597. The molecule has 0 spiro atoms. The zero-order valence-corrected chi connectivity index (χ0v) is 12.3. The van der Waals surface area contributed by atoms with Crippen molar-refractivity contribution in [3.63, 3.8) is 0 Å². The van der Waals surface area contributed by atoms with Gasteiger partial charge in [0, 0.05) is 11.8 Å². The van der Waals surface area contributed by atoms with E-state index in [9.17, 15) is 5.11 Å². The molecule has 1 N–H and O–H groups in total. The van der Waals surface area contributed by atoms with Gasteiger partial charge in [-0.15, -0.1) is 0 Å². The third-order valence-electron chi connectivity index (χ3n) is 4.42. The average molecular weight is 282 g/mol.